The molecule has 0 aliphatic heterocycles. The summed E-state index contributed by atoms with van der Waals surface area (Å²) in [5.41, 5.74) is 1.65. The van der Waals surface area contributed by atoms with Gasteiger partial charge in [-0.3, -0.25) is 4.98 Å². The topological polar surface area (TPSA) is 89.9 Å². The fraction of sp³-hybridized carbons (Fsp3) is 0.286. The summed E-state index contributed by atoms with van der Waals surface area (Å²) in [4.78, 5) is 20.4. The number of pyridine rings is 1. The summed E-state index contributed by atoms with van der Waals surface area (Å²) in [6.45, 7) is 0.650. The van der Waals surface area contributed by atoms with Gasteiger partial charge in [0, 0.05) is 29.4 Å². The number of hydrogen-bond acceptors (Lipinski definition) is 7. The highest BCUT2D eigenvalue weighted by molar-refractivity contribution is 5.90. The van der Waals surface area contributed by atoms with Gasteiger partial charge in [-0.1, -0.05) is 12.5 Å². The minimum absolute atomic E-state index is 0.0236. The molecule has 148 valence electrons. The predicted molar refractivity (Wildman–Crippen MR) is 105 cm³/mol. The normalized spacial score (nSPS) is 14.7. The van der Waals surface area contributed by atoms with Crippen LogP contribution in [0.15, 0.2) is 48.8 Å². The molecule has 0 bridgehead atoms. The minimum atomic E-state index is -0.550. The van der Waals surface area contributed by atoms with Gasteiger partial charge in [-0.25, -0.2) is 14.2 Å². The number of benzene rings is 1. The fourth-order valence-electron chi connectivity index (χ4n) is 3.50. The Morgan fingerprint density at radius 2 is 2.07 bits per heavy atom. The zero-order chi connectivity index (χ0) is 20.3. The van der Waals surface area contributed by atoms with E-state index >= 15 is 0 Å². The van der Waals surface area contributed by atoms with Crippen LogP contribution in [0.4, 0.5) is 10.3 Å². The molecule has 0 unspecified atom stereocenters. The van der Waals surface area contributed by atoms with Gasteiger partial charge in [-0.2, -0.15) is 0 Å². The molecule has 1 aromatic carbocycles. The number of nitrogens with one attached hydrogen (secondary N) is 1. The van der Waals surface area contributed by atoms with E-state index in [9.17, 15) is 9.18 Å². The van der Waals surface area contributed by atoms with Crippen LogP contribution in [0, 0.1) is 5.82 Å². The second-order valence-corrected chi connectivity index (χ2v) is 7.06. The highest BCUT2D eigenvalue weighted by Crippen LogP contribution is 2.42. The van der Waals surface area contributed by atoms with Crippen molar-refractivity contribution in [1.29, 1.82) is 0 Å². The van der Waals surface area contributed by atoms with Crippen LogP contribution in [-0.4, -0.2) is 39.8 Å². The zero-order valence-electron chi connectivity index (χ0n) is 15.9. The zero-order valence-corrected chi connectivity index (χ0v) is 15.9. The largest absolute Gasteiger partial charge is 0.465 e. The van der Waals surface area contributed by atoms with Crippen LogP contribution >= 0.6 is 0 Å². The third-order valence-corrected chi connectivity index (χ3v) is 5.33. The number of nitrogens with zero attached hydrogens (tertiary/aromatic N) is 4. The summed E-state index contributed by atoms with van der Waals surface area (Å²) in [5.74, 6) is -0.704. The molecule has 1 fully saturated rings. The summed E-state index contributed by atoms with van der Waals surface area (Å²) in [6, 6.07) is 9.87. The van der Waals surface area contributed by atoms with Crippen LogP contribution in [0.3, 0.4) is 0 Å². The lowest BCUT2D eigenvalue weighted by Crippen LogP contribution is -2.41. The molecule has 4 rings (SSSR count). The summed E-state index contributed by atoms with van der Waals surface area (Å²) in [6.07, 6.45) is 6.50. The lowest BCUT2D eigenvalue weighted by Gasteiger charge is -2.41. The number of carbonyl (C=O) groups is 1. The van der Waals surface area contributed by atoms with Crippen LogP contribution in [0.5, 0.6) is 0 Å². The molecule has 0 amide bonds. The Hall–Kier alpha value is -3.42. The number of rotatable bonds is 6. The first-order valence-corrected chi connectivity index (χ1v) is 9.35. The van der Waals surface area contributed by atoms with E-state index in [-0.39, 0.29) is 22.2 Å². The minimum Gasteiger partial charge on any atom is -0.465 e. The average Bonchev–Trinajstić information content (AvgIpc) is 2.74. The molecule has 29 heavy (non-hydrogen) atoms. The number of ether oxygens (including phenoxy) is 1. The first-order chi connectivity index (χ1) is 14.1. The Bertz CT molecular complexity index is 1010. The van der Waals surface area contributed by atoms with Crippen molar-refractivity contribution in [3.63, 3.8) is 0 Å². The van der Waals surface area contributed by atoms with Crippen LogP contribution in [0.2, 0.25) is 0 Å². The third-order valence-electron chi connectivity index (χ3n) is 5.33. The number of aromatic nitrogens is 4. The van der Waals surface area contributed by atoms with Crippen molar-refractivity contribution in [2.75, 3.05) is 19.0 Å². The maximum absolute atomic E-state index is 14.2. The highest BCUT2D eigenvalue weighted by atomic mass is 19.1. The molecule has 0 atom stereocenters. The molecule has 8 heteroatoms. The van der Waals surface area contributed by atoms with E-state index in [1.807, 2.05) is 18.2 Å². The van der Waals surface area contributed by atoms with Crippen molar-refractivity contribution in [3.8, 4) is 11.3 Å². The highest BCUT2D eigenvalue weighted by Gasteiger charge is 2.39. The van der Waals surface area contributed by atoms with E-state index in [0.29, 0.717) is 12.5 Å². The van der Waals surface area contributed by atoms with Gasteiger partial charge in [-0.15, -0.1) is 10.2 Å². The van der Waals surface area contributed by atoms with Gasteiger partial charge in [0.2, 0.25) is 5.95 Å². The molecule has 7 nitrogen and oxygen atoms in total. The molecule has 0 spiro atoms. The maximum Gasteiger partial charge on any atom is 0.337 e. The third kappa shape index (κ3) is 3.78. The number of halogens is 1. The summed E-state index contributed by atoms with van der Waals surface area (Å²) in [7, 11) is 1.27. The Labute approximate surface area is 167 Å². The van der Waals surface area contributed by atoms with Crippen molar-refractivity contribution in [3.05, 3.63) is 65.9 Å². The van der Waals surface area contributed by atoms with E-state index in [4.69, 9.17) is 0 Å². The van der Waals surface area contributed by atoms with Gasteiger partial charge in [0.15, 0.2) is 0 Å². The van der Waals surface area contributed by atoms with Crippen LogP contribution in [-0.2, 0) is 10.2 Å². The van der Waals surface area contributed by atoms with E-state index in [1.54, 1.807) is 6.20 Å². The Morgan fingerprint density at radius 3 is 2.69 bits per heavy atom. The molecule has 0 saturated heterocycles. The quantitative estimate of drug-likeness (QED) is 0.642. The second kappa shape index (κ2) is 7.90. The number of carbonyl (C=O) groups excluding carboxylic acids is 1. The summed E-state index contributed by atoms with van der Waals surface area (Å²) < 4.78 is 18.9. The smallest absolute Gasteiger partial charge is 0.337 e. The predicted octanol–water partition coefficient (Wildman–Crippen LogP) is 3.39. The van der Waals surface area contributed by atoms with Crippen LogP contribution in [0.25, 0.3) is 11.3 Å². The molecular weight excluding hydrogens is 373 g/mol. The lowest BCUT2D eigenvalue weighted by molar-refractivity contribution is 0.0600. The van der Waals surface area contributed by atoms with Crippen molar-refractivity contribution in [1.82, 2.24) is 20.2 Å². The molecule has 1 aliphatic carbocycles. The molecule has 3 aromatic rings. The fourth-order valence-corrected chi connectivity index (χ4v) is 3.50. The first kappa shape index (κ1) is 18.9. The Balaban J connectivity index is 1.50. The number of anilines is 1. The van der Waals surface area contributed by atoms with Crippen LogP contribution in [0.1, 0.15) is 35.3 Å². The number of hydrogen-bond donors (Lipinski definition) is 1. The number of esters is 1. The van der Waals surface area contributed by atoms with E-state index in [2.05, 4.69) is 30.2 Å². The lowest BCUT2D eigenvalue weighted by atomic mass is 9.66. The standard InChI is InChI=1S/C21H20FN5O2/c1-29-19(28)14-6-7-16(22)15(11-14)17-12-24-20(27-26-17)25-13-21(8-4-9-21)18-5-2-3-10-23-18/h2-3,5-7,10-12H,4,8-9,13H2,1H3,(H,24,25,27). The van der Waals surface area contributed by atoms with Gasteiger partial charge in [0.25, 0.3) is 0 Å². The summed E-state index contributed by atoms with van der Waals surface area (Å²) in [5, 5.41) is 11.4. The van der Waals surface area contributed by atoms with Crippen molar-refractivity contribution >= 4 is 11.9 Å². The van der Waals surface area contributed by atoms with Crippen molar-refractivity contribution < 1.29 is 13.9 Å². The first-order valence-electron chi connectivity index (χ1n) is 9.35. The van der Waals surface area contributed by atoms with Gasteiger partial charge in [0.05, 0.1) is 18.9 Å². The molecular formula is C21H20FN5O2. The Morgan fingerprint density at radius 1 is 1.21 bits per heavy atom. The van der Waals surface area contributed by atoms with Crippen molar-refractivity contribution in [2.45, 2.75) is 24.7 Å². The van der Waals surface area contributed by atoms with Gasteiger partial charge < -0.3 is 10.1 Å². The molecule has 2 aromatic heterocycles. The molecule has 2 heterocycles. The second-order valence-electron chi connectivity index (χ2n) is 7.06. The SMILES string of the molecule is COC(=O)c1ccc(F)c(-c2cnc(NCC3(c4ccccn4)CCC3)nn2)c1. The van der Waals surface area contributed by atoms with E-state index in [1.165, 1.54) is 31.5 Å². The average molecular weight is 393 g/mol. The van der Waals surface area contributed by atoms with E-state index < -0.39 is 11.8 Å². The molecule has 1 N–H and O–H groups in total. The molecule has 1 saturated carbocycles. The maximum atomic E-state index is 14.2. The number of methoxy groups -OCH3 is 1. The van der Waals surface area contributed by atoms with E-state index in [0.717, 1.165) is 25.0 Å². The van der Waals surface area contributed by atoms with Gasteiger partial charge in [0.1, 0.15) is 11.5 Å². The van der Waals surface area contributed by atoms with Gasteiger partial charge >= 0.3 is 5.97 Å². The Kier molecular flexibility index (Phi) is 5.16. The van der Waals surface area contributed by atoms with Crippen molar-refractivity contribution in [2.24, 2.45) is 0 Å². The molecule has 1 aliphatic rings. The van der Waals surface area contributed by atoms with Crippen LogP contribution < -0.4 is 5.32 Å². The monoisotopic (exact) mass is 393 g/mol. The summed E-state index contributed by atoms with van der Waals surface area (Å²) >= 11 is 0. The molecule has 0 radical (unpaired) electrons. The van der Waals surface area contributed by atoms with Gasteiger partial charge in [-0.05, 0) is 43.2 Å².